The van der Waals surface area contributed by atoms with Crippen LogP contribution in [0.2, 0.25) is 0 Å². The summed E-state index contributed by atoms with van der Waals surface area (Å²) in [5.41, 5.74) is -0.190. The van der Waals surface area contributed by atoms with E-state index in [1.807, 2.05) is 11.8 Å². The van der Waals surface area contributed by atoms with Crippen LogP contribution in [0.4, 0.5) is 0 Å². The van der Waals surface area contributed by atoms with E-state index in [0.717, 1.165) is 51.9 Å². The molecule has 0 radical (unpaired) electrons. The Balaban J connectivity index is 1.84. The first kappa shape index (κ1) is 15.3. The van der Waals surface area contributed by atoms with Crippen molar-refractivity contribution in [2.75, 3.05) is 26.2 Å². The average Bonchev–Trinajstić information content (AvgIpc) is 2.48. The van der Waals surface area contributed by atoms with Crippen molar-refractivity contribution in [1.29, 1.82) is 0 Å². The zero-order valence-corrected chi connectivity index (χ0v) is 12.7. The number of nitrogens with zero attached hydrogens (tertiary/aromatic N) is 1. The molecule has 0 aliphatic carbocycles. The Morgan fingerprint density at radius 1 is 1.25 bits per heavy atom. The Hall–Kier alpha value is -1.10. The molecular weight excluding hydrogens is 254 g/mol. The second-order valence-electron chi connectivity index (χ2n) is 6.30. The summed E-state index contributed by atoms with van der Waals surface area (Å²) in [6.45, 7) is 7.39. The van der Waals surface area contributed by atoms with Gasteiger partial charge in [0.25, 0.3) is 0 Å². The molecule has 2 heterocycles. The highest BCUT2D eigenvalue weighted by Gasteiger charge is 2.38. The van der Waals surface area contributed by atoms with Crippen LogP contribution < -0.4 is 10.6 Å². The van der Waals surface area contributed by atoms with Gasteiger partial charge in [0.15, 0.2) is 0 Å². The molecule has 0 spiro atoms. The Labute approximate surface area is 121 Å². The number of piperidine rings is 2. The van der Waals surface area contributed by atoms with Crippen LogP contribution in [0.5, 0.6) is 0 Å². The normalized spacial score (nSPS) is 23.4. The predicted octanol–water partition coefficient (Wildman–Crippen LogP) is 0.893. The zero-order valence-electron chi connectivity index (χ0n) is 12.7. The van der Waals surface area contributed by atoms with Gasteiger partial charge in [-0.1, -0.05) is 13.8 Å². The van der Waals surface area contributed by atoms with E-state index >= 15 is 0 Å². The highest BCUT2D eigenvalue weighted by atomic mass is 16.2. The van der Waals surface area contributed by atoms with Crippen molar-refractivity contribution in [2.45, 2.75) is 52.0 Å². The Morgan fingerprint density at radius 2 is 1.85 bits per heavy atom. The third-order valence-corrected chi connectivity index (χ3v) is 4.69. The van der Waals surface area contributed by atoms with E-state index in [1.54, 1.807) is 0 Å². The number of hydrogen-bond donors (Lipinski definition) is 2. The molecule has 114 valence electrons. The van der Waals surface area contributed by atoms with Crippen LogP contribution in [-0.4, -0.2) is 48.9 Å². The van der Waals surface area contributed by atoms with Gasteiger partial charge in [0.1, 0.15) is 0 Å². The van der Waals surface area contributed by atoms with Crippen molar-refractivity contribution in [2.24, 2.45) is 5.41 Å². The summed E-state index contributed by atoms with van der Waals surface area (Å²) >= 11 is 0. The molecule has 2 aliphatic heterocycles. The van der Waals surface area contributed by atoms with Gasteiger partial charge in [-0.05, 0) is 38.8 Å². The molecule has 0 aromatic heterocycles. The molecule has 0 aromatic rings. The van der Waals surface area contributed by atoms with E-state index in [-0.39, 0.29) is 17.4 Å². The van der Waals surface area contributed by atoms with Crippen molar-refractivity contribution >= 4 is 11.8 Å². The standard InChI is InChI=1S/C15H27N3O2/c1-3-13(19)17-12-4-10-18(11-5-12)14(20)15(2)6-8-16-9-7-15/h12,16H,3-11H2,1-2H3,(H,17,19). The molecule has 2 N–H and O–H groups in total. The van der Waals surface area contributed by atoms with E-state index in [4.69, 9.17) is 0 Å². The van der Waals surface area contributed by atoms with Crippen LogP contribution in [0.3, 0.4) is 0 Å². The van der Waals surface area contributed by atoms with Gasteiger partial charge in [0.05, 0.1) is 0 Å². The summed E-state index contributed by atoms with van der Waals surface area (Å²) in [6, 6.07) is 0.243. The van der Waals surface area contributed by atoms with E-state index < -0.39 is 0 Å². The number of likely N-dealkylation sites (tertiary alicyclic amines) is 1. The summed E-state index contributed by atoms with van der Waals surface area (Å²) in [6.07, 6.45) is 4.15. The lowest BCUT2D eigenvalue weighted by Crippen LogP contribution is -2.52. The molecular formula is C15H27N3O2. The number of rotatable bonds is 3. The zero-order chi connectivity index (χ0) is 14.6. The van der Waals surface area contributed by atoms with Crippen molar-refractivity contribution in [1.82, 2.24) is 15.5 Å². The number of amides is 2. The second-order valence-corrected chi connectivity index (χ2v) is 6.30. The molecule has 0 unspecified atom stereocenters. The van der Waals surface area contributed by atoms with Crippen LogP contribution in [0.15, 0.2) is 0 Å². The molecule has 2 amide bonds. The molecule has 2 fully saturated rings. The molecule has 5 heteroatoms. The molecule has 0 bridgehead atoms. The number of hydrogen-bond acceptors (Lipinski definition) is 3. The SMILES string of the molecule is CCC(=O)NC1CCN(C(=O)C2(C)CCNCC2)CC1. The fraction of sp³-hybridized carbons (Fsp3) is 0.867. The Bertz CT molecular complexity index is 356. The van der Waals surface area contributed by atoms with Gasteiger partial charge in [-0.25, -0.2) is 0 Å². The van der Waals surface area contributed by atoms with Crippen LogP contribution in [0.1, 0.15) is 46.0 Å². The first-order valence-corrected chi connectivity index (χ1v) is 7.84. The third-order valence-electron chi connectivity index (χ3n) is 4.69. The van der Waals surface area contributed by atoms with Gasteiger partial charge < -0.3 is 15.5 Å². The summed E-state index contributed by atoms with van der Waals surface area (Å²) in [5, 5.41) is 6.34. The minimum Gasteiger partial charge on any atom is -0.353 e. The predicted molar refractivity (Wildman–Crippen MR) is 78.2 cm³/mol. The highest BCUT2D eigenvalue weighted by Crippen LogP contribution is 2.31. The third kappa shape index (κ3) is 3.51. The molecule has 2 saturated heterocycles. The Kier molecular flexibility index (Phi) is 5.02. The van der Waals surface area contributed by atoms with E-state index in [2.05, 4.69) is 17.6 Å². The van der Waals surface area contributed by atoms with Gasteiger partial charge in [-0.2, -0.15) is 0 Å². The molecule has 0 aromatic carbocycles. The first-order valence-electron chi connectivity index (χ1n) is 7.84. The lowest BCUT2D eigenvalue weighted by Gasteiger charge is -2.40. The highest BCUT2D eigenvalue weighted by molar-refractivity contribution is 5.82. The maximum Gasteiger partial charge on any atom is 0.228 e. The first-order chi connectivity index (χ1) is 9.55. The maximum atomic E-state index is 12.7. The summed E-state index contributed by atoms with van der Waals surface area (Å²) in [4.78, 5) is 26.1. The molecule has 20 heavy (non-hydrogen) atoms. The topological polar surface area (TPSA) is 61.4 Å². The number of carbonyl (C=O) groups excluding carboxylic acids is 2. The van der Waals surface area contributed by atoms with Crippen molar-refractivity contribution in [3.63, 3.8) is 0 Å². The largest absolute Gasteiger partial charge is 0.353 e. The quantitative estimate of drug-likeness (QED) is 0.808. The number of nitrogens with one attached hydrogen (secondary N) is 2. The van der Waals surface area contributed by atoms with Crippen LogP contribution >= 0.6 is 0 Å². The van der Waals surface area contributed by atoms with Crippen molar-refractivity contribution in [3.05, 3.63) is 0 Å². The molecule has 0 atom stereocenters. The Morgan fingerprint density at radius 3 is 2.40 bits per heavy atom. The van der Waals surface area contributed by atoms with Gasteiger partial charge >= 0.3 is 0 Å². The number of carbonyl (C=O) groups is 2. The van der Waals surface area contributed by atoms with Crippen LogP contribution in [0.25, 0.3) is 0 Å². The summed E-state index contributed by atoms with van der Waals surface area (Å²) in [7, 11) is 0. The van der Waals surface area contributed by atoms with Gasteiger partial charge in [0.2, 0.25) is 11.8 Å². The van der Waals surface area contributed by atoms with Crippen molar-refractivity contribution in [3.8, 4) is 0 Å². The molecule has 0 saturated carbocycles. The maximum absolute atomic E-state index is 12.7. The molecule has 5 nitrogen and oxygen atoms in total. The van der Waals surface area contributed by atoms with E-state index in [1.165, 1.54) is 0 Å². The summed E-state index contributed by atoms with van der Waals surface area (Å²) in [5.74, 6) is 0.416. The lowest BCUT2D eigenvalue weighted by atomic mass is 9.79. The fourth-order valence-corrected chi connectivity index (χ4v) is 3.13. The van der Waals surface area contributed by atoms with E-state index in [9.17, 15) is 9.59 Å². The van der Waals surface area contributed by atoms with Crippen LogP contribution in [-0.2, 0) is 9.59 Å². The molecule has 2 aliphatic rings. The van der Waals surface area contributed by atoms with Gasteiger partial charge in [-0.3, -0.25) is 9.59 Å². The average molecular weight is 281 g/mol. The molecule has 2 rings (SSSR count). The lowest BCUT2D eigenvalue weighted by molar-refractivity contribution is -0.144. The minimum absolute atomic E-state index is 0.111. The van der Waals surface area contributed by atoms with Gasteiger partial charge in [-0.15, -0.1) is 0 Å². The van der Waals surface area contributed by atoms with Crippen LogP contribution in [0, 0.1) is 5.41 Å². The van der Waals surface area contributed by atoms with Crippen molar-refractivity contribution < 1.29 is 9.59 Å². The monoisotopic (exact) mass is 281 g/mol. The second kappa shape index (κ2) is 6.57. The summed E-state index contributed by atoms with van der Waals surface area (Å²) < 4.78 is 0. The minimum atomic E-state index is -0.190. The van der Waals surface area contributed by atoms with Gasteiger partial charge in [0, 0.05) is 31.0 Å². The van der Waals surface area contributed by atoms with E-state index in [0.29, 0.717) is 12.3 Å². The fourth-order valence-electron chi connectivity index (χ4n) is 3.13. The smallest absolute Gasteiger partial charge is 0.228 e.